The van der Waals surface area contributed by atoms with E-state index in [-0.39, 0.29) is 0 Å². The molecule has 0 unspecified atom stereocenters. The predicted molar refractivity (Wildman–Crippen MR) is 37.3 cm³/mol. The first kappa shape index (κ1) is 5.70. The van der Waals surface area contributed by atoms with Crippen molar-refractivity contribution in [1.82, 2.24) is 15.2 Å². The maximum atomic E-state index is 5.34. The second-order valence-electron chi connectivity index (χ2n) is 2.90. The Morgan fingerprint density at radius 1 is 1.70 bits per heavy atom. The van der Waals surface area contributed by atoms with Gasteiger partial charge in [0.15, 0.2) is 0 Å². The van der Waals surface area contributed by atoms with E-state index >= 15 is 0 Å². The van der Waals surface area contributed by atoms with Crippen molar-refractivity contribution in [3.63, 3.8) is 0 Å². The first-order chi connectivity index (χ1) is 4.77. The van der Waals surface area contributed by atoms with E-state index in [0.717, 1.165) is 11.7 Å². The fourth-order valence-electron chi connectivity index (χ4n) is 1.16. The molecule has 0 spiro atoms. The summed E-state index contributed by atoms with van der Waals surface area (Å²) in [4.78, 5) is 4.03. The van der Waals surface area contributed by atoms with Gasteiger partial charge in [-0.15, -0.1) is 5.10 Å². The highest BCUT2D eigenvalue weighted by atomic mass is 15.3. The minimum atomic E-state index is 0.356. The van der Waals surface area contributed by atoms with Gasteiger partial charge >= 0.3 is 0 Å². The van der Waals surface area contributed by atoms with Gasteiger partial charge in [0.2, 0.25) is 5.95 Å². The molecule has 54 valence electrons. The third-order valence-corrected chi connectivity index (χ3v) is 1.98. The van der Waals surface area contributed by atoms with Crippen LogP contribution >= 0.6 is 0 Å². The number of rotatable bonds is 1. The van der Waals surface area contributed by atoms with Crippen LogP contribution in [0.25, 0.3) is 0 Å². The molecule has 1 heterocycles. The molecule has 4 heteroatoms. The molecule has 0 saturated heterocycles. The van der Waals surface area contributed by atoms with E-state index in [1.165, 1.54) is 6.42 Å². The molecule has 0 amide bonds. The average Bonchev–Trinajstić information content (AvgIpc) is 2.42. The van der Waals surface area contributed by atoms with Crippen molar-refractivity contribution in [2.24, 2.45) is 5.92 Å². The minimum Gasteiger partial charge on any atom is -0.367 e. The van der Waals surface area contributed by atoms with Gasteiger partial charge in [0.25, 0.3) is 0 Å². The summed E-state index contributed by atoms with van der Waals surface area (Å²) in [5.74, 6) is 2.65. The van der Waals surface area contributed by atoms with Crippen molar-refractivity contribution in [3.8, 4) is 0 Å². The van der Waals surface area contributed by atoms with Gasteiger partial charge in [0.05, 0.1) is 0 Å². The molecule has 1 fully saturated rings. The molecular formula is C6H10N4. The highest BCUT2D eigenvalue weighted by Crippen LogP contribution is 2.45. The van der Waals surface area contributed by atoms with Crippen LogP contribution in [0.1, 0.15) is 25.1 Å². The van der Waals surface area contributed by atoms with Gasteiger partial charge in [-0.25, -0.2) is 0 Å². The highest BCUT2D eigenvalue weighted by molar-refractivity contribution is 5.18. The summed E-state index contributed by atoms with van der Waals surface area (Å²) in [5, 5.41) is 6.57. The molecule has 1 aliphatic rings. The molecule has 0 aliphatic heterocycles. The number of nitrogens with two attached hydrogens (primary N) is 1. The van der Waals surface area contributed by atoms with E-state index in [0.29, 0.717) is 11.9 Å². The predicted octanol–water partition coefficient (Wildman–Crippen LogP) is 0.510. The van der Waals surface area contributed by atoms with E-state index in [1.54, 1.807) is 0 Å². The smallest absolute Gasteiger partial charge is 0.239 e. The summed E-state index contributed by atoms with van der Waals surface area (Å²) in [7, 11) is 0. The molecule has 4 nitrogen and oxygen atoms in total. The third kappa shape index (κ3) is 0.761. The van der Waals surface area contributed by atoms with Crippen molar-refractivity contribution in [2.75, 3.05) is 5.73 Å². The summed E-state index contributed by atoms with van der Waals surface area (Å²) in [6, 6.07) is 0. The van der Waals surface area contributed by atoms with Crippen LogP contribution in [0.3, 0.4) is 0 Å². The molecule has 1 aromatic rings. The minimum absolute atomic E-state index is 0.356. The lowest BCUT2D eigenvalue weighted by Crippen LogP contribution is -1.86. The Kier molecular flexibility index (Phi) is 0.977. The van der Waals surface area contributed by atoms with Gasteiger partial charge in [-0.05, 0) is 12.3 Å². The lowest BCUT2D eigenvalue weighted by molar-refractivity contribution is 0.848. The van der Waals surface area contributed by atoms with Gasteiger partial charge in [-0.2, -0.15) is 4.98 Å². The molecular weight excluding hydrogens is 128 g/mol. The fourth-order valence-corrected chi connectivity index (χ4v) is 1.16. The summed E-state index contributed by atoms with van der Waals surface area (Å²) in [6.07, 6.45) is 1.22. The van der Waals surface area contributed by atoms with E-state index in [4.69, 9.17) is 5.73 Å². The summed E-state index contributed by atoms with van der Waals surface area (Å²) in [6.45, 7) is 2.20. The molecule has 2 rings (SSSR count). The Labute approximate surface area is 58.8 Å². The number of H-pyrrole nitrogens is 1. The van der Waals surface area contributed by atoms with Crippen molar-refractivity contribution < 1.29 is 0 Å². The zero-order valence-electron chi connectivity index (χ0n) is 5.83. The van der Waals surface area contributed by atoms with Gasteiger partial charge in [0.1, 0.15) is 5.82 Å². The number of hydrogen-bond donors (Lipinski definition) is 2. The summed E-state index contributed by atoms with van der Waals surface area (Å²) in [5.41, 5.74) is 5.34. The van der Waals surface area contributed by atoms with Crippen molar-refractivity contribution in [1.29, 1.82) is 0 Å². The zero-order valence-corrected chi connectivity index (χ0v) is 5.83. The lowest BCUT2D eigenvalue weighted by atomic mass is 10.3. The number of nitrogens with zero attached hydrogens (tertiary/aromatic N) is 2. The summed E-state index contributed by atoms with van der Waals surface area (Å²) < 4.78 is 0. The van der Waals surface area contributed by atoms with Gasteiger partial charge < -0.3 is 5.73 Å². The largest absolute Gasteiger partial charge is 0.367 e. The number of hydrogen-bond acceptors (Lipinski definition) is 3. The van der Waals surface area contributed by atoms with Crippen LogP contribution in [-0.4, -0.2) is 15.2 Å². The molecule has 1 saturated carbocycles. The molecule has 10 heavy (non-hydrogen) atoms. The topological polar surface area (TPSA) is 67.6 Å². The monoisotopic (exact) mass is 138 g/mol. The van der Waals surface area contributed by atoms with Gasteiger partial charge in [0, 0.05) is 5.92 Å². The Balaban J connectivity index is 2.20. The Morgan fingerprint density at radius 2 is 2.40 bits per heavy atom. The maximum Gasteiger partial charge on any atom is 0.239 e. The average molecular weight is 138 g/mol. The van der Waals surface area contributed by atoms with Crippen molar-refractivity contribution >= 4 is 5.95 Å². The first-order valence-electron chi connectivity index (χ1n) is 3.45. The van der Waals surface area contributed by atoms with E-state index < -0.39 is 0 Å². The molecule has 1 aromatic heterocycles. The molecule has 0 radical (unpaired) electrons. The normalized spacial score (nSPS) is 30.5. The molecule has 0 aromatic carbocycles. The third-order valence-electron chi connectivity index (χ3n) is 1.98. The van der Waals surface area contributed by atoms with Gasteiger partial charge in [-0.1, -0.05) is 6.92 Å². The summed E-state index contributed by atoms with van der Waals surface area (Å²) >= 11 is 0. The number of aromatic nitrogens is 3. The van der Waals surface area contributed by atoms with Crippen LogP contribution in [0.5, 0.6) is 0 Å². The highest BCUT2D eigenvalue weighted by Gasteiger charge is 2.36. The number of nitrogen functional groups attached to an aromatic ring is 1. The van der Waals surface area contributed by atoms with Crippen LogP contribution in [0.4, 0.5) is 5.95 Å². The van der Waals surface area contributed by atoms with E-state index in [2.05, 4.69) is 22.1 Å². The van der Waals surface area contributed by atoms with Crippen LogP contribution in [0, 0.1) is 5.92 Å². The van der Waals surface area contributed by atoms with Gasteiger partial charge in [-0.3, -0.25) is 5.10 Å². The van der Waals surface area contributed by atoms with Crippen LogP contribution in [-0.2, 0) is 0 Å². The maximum absolute atomic E-state index is 5.34. The lowest BCUT2D eigenvalue weighted by Gasteiger charge is -1.84. The van der Waals surface area contributed by atoms with E-state index in [1.807, 2.05) is 0 Å². The number of aromatic amines is 1. The van der Waals surface area contributed by atoms with E-state index in [9.17, 15) is 0 Å². The number of anilines is 1. The Morgan fingerprint density at radius 3 is 2.80 bits per heavy atom. The first-order valence-corrected chi connectivity index (χ1v) is 3.45. The fraction of sp³-hybridized carbons (Fsp3) is 0.667. The van der Waals surface area contributed by atoms with Crippen LogP contribution < -0.4 is 5.73 Å². The second kappa shape index (κ2) is 1.71. The SMILES string of the molecule is C[C@@H]1C[C@@H]1c1nc(N)n[nH]1. The second-order valence-corrected chi connectivity index (χ2v) is 2.90. The van der Waals surface area contributed by atoms with Crippen LogP contribution in [0.15, 0.2) is 0 Å². The quantitative estimate of drug-likeness (QED) is 0.594. The number of nitrogens with one attached hydrogen (secondary N) is 1. The molecule has 3 N–H and O–H groups in total. The molecule has 2 atom stereocenters. The van der Waals surface area contributed by atoms with Crippen molar-refractivity contribution in [3.05, 3.63) is 5.82 Å². The zero-order chi connectivity index (χ0) is 7.14. The van der Waals surface area contributed by atoms with Crippen molar-refractivity contribution in [2.45, 2.75) is 19.3 Å². The Hall–Kier alpha value is -1.06. The van der Waals surface area contributed by atoms with Crippen LogP contribution in [0.2, 0.25) is 0 Å². The molecule has 0 bridgehead atoms. The Bertz CT molecular complexity index is 242. The molecule has 1 aliphatic carbocycles. The standard InChI is InChI=1S/C6H10N4/c1-3-2-4(3)5-8-6(7)10-9-5/h3-4H,2H2,1H3,(H3,7,8,9,10)/t3-,4+/m1/s1.